The van der Waals surface area contributed by atoms with E-state index >= 15 is 0 Å². The van der Waals surface area contributed by atoms with Crippen LogP contribution in [0, 0.1) is 6.92 Å². The first-order chi connectivity index (χ1) is 11.8. The minimum atomic E-state index is -5.00. The van der Waals surface area contributed by atoms with Gasteiger partial charge in [-0.1, -0.05) is 30.3 Å². The van der Waals surface area contributed by atoms with Gasteiger partial charge in [0.25, 0.3) is 0 Å². The molecule has 1 aromatic heterocycles. The van der Waals surface area contributed by atoms with Crippen LogP contribution >= 0.6 is 0 Å². The van der Waals surface area contributed by atoms with E-state index in [0.29, 0.717) is 22.1 Å². The smallest absolute Gasteiger partial charge is 0.422 e. The van der Waals surface area contributed by atoms with Crippen LogP contribution in [0.1, 0.15) is 5.56 Å². The van der Waals surface area contributed by atoms with Crippen LogP contribution < -0.4 is 10.9 Å². The number of carbonyl (C=O) groups is 1. The minimum Gasteiger partial charge on any atom is -0.422 e. The Bertz CT molecular complexity index is 1020. The number of rotatable bonds is 2. The molecule has 1 amide bonds. The predicted molar refractivity (Wildman–Crippen MR) is 87.3 cm³/mol. The predicted octanol–water partition coefficient (Wildman–Crippen LogP) is 4.27. The number of nitrogens with one attached hydrogen (secondary N) is 1. The Hall–Kier alpha value is -3.09. The summed E-state index contributed by atoms with van der Waals surface area (Å²) in [7, 11) is 0. The van der Waals surface area contributed by atoms with Gasteiger partial charge in [-0.15, -0.1) is 0 Å². The summed E-state index contributed by atoms with van der Waals surface area (Å²) in [6.45, 7) is 1.52. The van der Waals surface area contributed by atoms with Gasteiger partial charge in [0.05, 0.1) is 5.56 Å². The van der Waals surface area contributed by atoms with Crippen molar-refractivity contribution in [3.05, 3.63) is 64.5 Å². The molecular formula is C18H12F3NO3. The zero-order valence-electron chi connectivity index (χ0n) is 13.0. The third kappa shape index (κ3) is 3.26. The van der Waals surface area contributed by atoms with Crippen molar-refractivity contribution in [2.24, 2.45) is 0 Å². The number of halogens is 3. The second kappa shape index (κ2) is 6.08. The molecule has 0 atom stereocenters. The van der Waals surface area contributed by atoms with E-state index in [1.807, 2.05) is 5.32 Å². The quantitative estimate of drug-likeness (QED) is 0.704. The van der Waals surface area contributed by atoms with Gasteiger partial charge in [-0.25, -0.2) is 4.79 Å². The van der Waals surface area contributed by atoms with E-state index in [1.165, 1.54) is 19.1 Å². The molecule has 3 rings (SSSR count). The van der Waals surface area contributed by atoms with Crippen LogP contribution in [0.3, 0.4) is 0 Å². The molecule has 0 aliphatic heterocycles. The Labute approximate surface area is 139 Å². The van der Waals surface area contributed by atoms with Gasteiger partial charge >= 0.3 is 17.7 Å². The van der Waals surface area contributed by atoms with Crippen LogP contribution in [0.25, 0.3) is 22.1 Å². The first kappa shape index (κ1) is 16.8. The molecule has 0 fully saturated rings. The molecule has 0 unspecified atom stereocenters. The van der Waals surface area contributed by atoms with Crippen LogP contribution in [-0.2, 0) is 4.79 Å². The van der Waals surface area contributed by atoms with Crippen LogP contribution in [-0.4, -0.2) is 12.1 Å². The second-order valence-corrected chi connectivity index (χ2v) is 5.42. The summed E-state index contributed by atoms with van der Waals surface area (Å²) in [5.74, 6) is -2.07. The minimum absolute atomic E-state index is 0.0209. The van der Waals surface area contributed by atoms with Gasteiger partial charge in [0.15, 0.2) is 0 Å². The van der Waals surface area contributed by atoms with E-state index in [4.69, 9.17) is 4.42 Å². The average molecular weight is 347 g/mol. The second-order valence-electron chi connectivity index (χ2n) is 5.42. The SMILES string of the molecule is Cc1c(NC(=O)C(F)(F)F)cccc1-c1cc2ccccc2oc1=O. The van der Waals surface area contributed by atoms with E-state index < -0.39 is 17.7 Å². The third-order valence-electron chi connectivity index (χ3n) is 3.77. The summed E-state index contributed by atoms with van der Waals surface area (Å²) in [4.78, 5) is 23.4. The van der Waals surface area contributed by atoms with Gasteiger partial charge in [0, 0.05) is 11.1 Å². The normalized spacial score (nSPS) is 11.5. The van der Waals surface area contributed by atoms with Crippen molar-refractivity contribution in [3.63, 3.8) is 0 Å². The van der Waals surface area contributed by atoms with Crippen molar-refractivity contribution in [1.29, 1.82) is 0 Å². The highest BCUT2D eigenvalue weighted by molar-refractivity contribution is 5.96. The van der Waals surface area contributed by atoms with Gasteiger partial charge < -0.3 is 9.73 Å². The van der Waals surface area contributed by atoms with E-state index in [0.717, 1.165) is 0 Å². The number of hydrogen-bond acceptors (Lipinski definition) is 3. The van der Waals surface area contributed by atoms with E-state index in [9.17, 15) is 22.8 Å². The Morgan fingerprint density at radius 3 is 2.48 bits per heavy atom. The summed E-state index contributed by atoms with van der Waals surface area (Å²) in [6, 6.07) is 12.9. The lowest BCUT2D eigenvalue weighted by atomic mass is 9.99. The molecule has 25 heavy (non-hydrogen) atoms. The molecule has 3 aromatic rings. The standard InChI is InChI=1S/C18H12F3NO3/c1-10-12(6-4-7-14(10)22-17(24)18(19,20)21)13-9-11-5-2-3-8-15(11)25-16(13)23/h2-9H,1H3,(H,22,24). The lowest BCUT2D eigenvalue weighted by Crippen LogP contribution is -2.30. The number of carbonyl (C=O) groups excluding carboxylic acids is 1. The van der Waals surface area contributed by atoms with Crippen molar-refractivity contribution in [3.8, 4) is 11.1 Å². The van der Waals surface area contributed by atoms with Crippen molar-refractivity contribution >= 4 is 22.6 Å². The number of fused-ring (bicyclic) bond motifs is 1. The van der Waals surface area contributed by atoms with Crippen molar-refractivity contribution in [1.82, 2.24) is 0 Å². The number of benzene rings is 2. The van der Waals surface area contributed by atoms with Gasteiger partial charge in [-0.3, -0.25) is 4.79 Å². The number of amides is 1. The van der Waals surface area contributed by atoms with Crippen LogP contribution in [0.2, 0.25) is 0 Å². The molecule has 7 heteroatoms. The van der Waals surface area contributed by atoms with Gasteiger partial charge in [0.1, 0.15) is 5.58 Å². The van der Waals surface area contributed by atoms with Crippen LogP contribution in [0.4, 0.5) is 18.9 Å². The molecule has 1 heterocycles. The third-order valence-corrected chi connectivity index (χ3v) is 3.77. The molecule has 0 saturated heterocycles. The molecule has 1 N–H and O–H groups in total. The maximum absolute atomic E-state index is 12.5. The number of hydrogen-bond donors (Lipinski definition) is 1. The fraction of sp³-hybridized carbons (Fsp3) is 0.111. The lowest BCUT2D eigenvalue weighted by molar-refractivity contribution is -0.167. The molecular weight excluding hydrogens is 335 g/mol. The molecule has 0 radical (unpaired) electrons. The fourth-order valence-electron chi connectivity index (χ4n) is 2.51. The van der Waals surface area contributed by atoms with Crippen molar-refractivity contribution in [2.45, 2.75) is 13.1 Å². The van der Waals surface area contributed by atoms with E-state index in [1.54, 1.807) is 36.4 Å². The number of para-hydroxylation sites is 1. The van der Waals surface area contributed by atoms with Gasteiger partial charge in [-0.05, 0) is 36.2 Å². The first-order valence-corrected chi connectivity index (χ1v) is 7.28. The van der Waals surface area contributed by atoms with Crippen LogP contribution in [0.5, 0.6) is 0 Å². The summed E-state index contributed by atoms with van der Waals surface area (Å²) in [5.41, 5.74) is 0.713. The molecule has 0 aliphatic rings. The zero-order chi connectivity index (χ0) is 18.2. The monoisotopic (exact) mass is 347 g/mol. The zero-order valence-corrected chi connectivity index (χ0v) is 13.0. The molecule has 0 bridgehead atoms. The maximum Gasteiger partial charge on any atom is 0.471 e. The lowest BCUT2D eigenvalue weighted by Gasteiger charge is -2.13. The number of anilines is 1. The molecule has 2 aromatic carbocycles. The molecule has 0 saturated carbocycles. The van der Waals surface area contributed by atoms with Crippen LogP contribution in [0.15, 0.2) is 57.7 Å². The summed E-state index contributed by atoms with van der Waals surface area (Å²) in [6.07, 6.45) is -5.00. The first-order valence-electron chi connectivity index (χ1n) is 7.28. The highest BCUT2D eigenvalue weighted by Crippen LogP contribution is 2.29. The fourth-order valence-corrected chi connectivity index (χ4v) is 2.51. The molecule has 4 nitrogen and oxygen atoms in total. The Morgan fingerprint density at radius 2 is 1.76 bits per heavy atom. The van der Waals surface area contributed by atoms with Gasteiger partial charge in [0.2, 0.25) is 0 Å². The topological polar surface area (TPSA) is 59.3 Å². The Kier molecular flexibility index (Phi) is 4.08. The van der Waals surface area contributed by atoms with Crippen molar-refractivity contribution in [2.75, 3.05) is 5.32 Å². The summed E-state index contributed by atoms with van der Waals surface area (Å²) in [5, 5.41) is 2.50. The molecule has 0 aliphatic carbocycles. The summed E-state index contributed by atoms with van der Waals surface area (Å²) < 4.78 is 42.6. The Morgan fingerprint density at radius 1 is 1.04 bits per heavy atom. The van der Waals surface area contributed by atoms with Crippen molar-refractivity contribution < 1.29 is 22.4 Å². The highest BCUT2D eigenvalue weighted by atomic mass is 19.4. The van der Waals surface area contributed by atoms with E-state index in [-0.39, 0.29) is 11.3 Å². The Balaban J connectivity index is 2.10. The average Bonchev–Trinajstić information content (AvgIpc) is 2.55. The highest BCUT2D eigenvalue weighted by Gasteiger charge is 2.38. The van der Waals surface area contributed by atoms with Gasteiger partial charge in [-0.2, -0.15) is 13.2 Å². The largest absolute Gasteiger partial charge is 0.471 e. The molecule has 128 valence electrons. The van der Waals surface area contributed by atoms with E-state index in [2.05, 4.69) is 0 Å². The molecule has 0 spiro atoms. The maximum atomic E-state index is 12.5. The summed E-state index contributed by atoms with van der Waals surface area (Å²) >= 11 is 0. The number of alkyl halides is 3.